The highest BCUT2D eigenvalue weighted by atomic mass is 32.2. The molecule has 0 heterocycles. The van der Waals surface area contributed by atoms with Gasteiger partial charge in [0.2, 0.25) is 5.91 Å². The van der Waals surface area contributed by atoms with Gasteiger partial charge in [-0.3, -0.25) is 14.3 Å². The first-order valence-corrected chi connectivity index (χ1v) is 8.37. The van der Waals surface area contributed by atoms with Crippen LogP contribution >= 0.6 is 11.9 Å². The van der Waals surface area contributed by atoms with Gasteiger partial charge in [-0.15, -0.1) is 0 Å². The van der Waals surface area contributed by atoms with E-state index in [1.54, 1.807) is 32.2 Å². The molecule has 0 saturated heterocycles. The zero-order valence-electron chi connectivity index (χ0n) is 13.6. The highest BCUT2D eigenvalue weighted by Crippen LogP contribution is 2.20. The number of allylic oxidation sites excluding steroid dienone is 1. The van der Waals surface area contributed by atoms with E-state index >= 15 is 0 Å². The lowest BCUT2D eigenvalue weighted by molar-refractivity contribution is -0.118. The molecule has 0 aromatic heterocycles. The molecule has 2 aromatic carbocycles. The Morgan fingerprint density at radius 1 is 1.12 bits per heavy atom. The Labute approximate surface area is 146 Å². The van der Waals surface area contributed by atoms with Crippen LogP contribution in [0.3, 0.4) is 0 Å². The molecule has 0 aliphatic rings. The molecule has 0 spiro atoms. The summed E-state index contributed by atoms with van der Waals surface area (Å²) in [6, 6.07) is 14.6. The van der Waals surface area contributed by atoms with Crippen molar-refractivity contribution in [3.8, 4) is 5.75 Å². The second-order valence-corrected chi connectivity index (χ2v) is 5.82. The average Bonchev–Trinajstić information content (AvgIpc) is 2.64. The summed E-state index contributed by atoms with van der Waals surface area (Å²) in [7, 11) is 1.60. The van der Waals surface area contributed by atoms with E-state index in [4.69, 9.17) is 4.74 Å². The van der Waals surface area contributed by atoms with E-state index in [-0.39, 0.29) is 11.7 Å². The predicted molar refractivity (Wildman–Crippen MR) is 97.1 cm³/mol. The molecule has 1 N–H and O–H groups in total. The lowest BCUT2D eigenvalue weighted by atomic mass is 10.1. The number of methoxy groups -OCH3 is 1. The van der Waals surface area contributed by atoms with Gasteiger partial charge in [0.25, 0.3) is 0 Å². The Balaban J connectivity index is 2.02. The molecule has 0 atom stereocenters. The van der Waals surface area contributed by atoms with Gasteiger partial charge in [0.1, 0.15) is 5.75 Å². The molecule has 0 unspecified atom stereocenters. The highest BCUT2D eigenvalue weighted by molar-refractivity contribution is 7.98. The van der Waals surface area contributed by atoms with E-state index in [1.807, 2.05) is 36.4 Å². The summed E-state index contributed by atoms with van der Waals surface area (Å²) >= 11 is 1.24. The zero-order chi connectivity index (χ0) is 17.4. The fourth-order valence-corrected chi connectivity index (χ4v) is 2.59. The van der Waals surface area contributed by atoms with E-state index in [1.165, 1.54) is 18.0 Å². The maximum absolute atomic E-state index is 12.2. The van der Waals surface area contributed by atoms with Gasteiger partial charge in [0.15, 0.2) is 5.78 Å². The maximum Gasteiger partial charge on any atom is 0.229 e. The summed E-state index contributed by atoms with van der Waals surface area (Å²) in [6.45, 7) is 1.80. The summed E-state index contributed by atoms with van der Waals surface area (Å²) < 4.78 is 7.98. The minimum Gasteiger partial charge on any atom is -0.496 e. The molecule has 5 heteroatoms. The van der Waals surface area contributed by atoms with Crippen LogP contribution in [0.1, 0.15) is 29.3 Å². The third kappa shape index (κ3) is 4.99. The Morgan fingerprint density at radius 2 is 1.83 bits per heavy atom. The second kappa shape index (κ2) is 8.93. The summed E-state index contributed by atoms with van der Waals surface area (Å²) in [5.74, 6) is 0.606. The summed E-state index contributed by atoms with van der Waals surface area (Å²) in [5, 5.41) is 0. The zero-order valence-corrected chi connectivity index (χ0v) is 14.4. The molecular formula is C19H19NO3S. The van der Waals surface area contributed by atoms with E-state index in [0.717, 1.165) is 16.2 Å². The smallest absolute Gasteiger partial charge is 0.229 e. The Hall–Kier alpha value is -2.53. The third-order valence-electron chi connectivity index (χ3n) is 3.30. The van der Waals surface area contributed by atoms with Crippen molar-refractivity contribution >= 4 is 29.7 Å². The van der Waals surface area contributed by atoms with Crippen LogP contribution in [0.2, 0.25) is 0 Å². The summed E-state index contributed by atoms with van der Waals surface area (Å²) in [6.07, 6.45) is 3.71. The fraction of sp³-hybridized carbons (Fsp3) is 0.158. The summed E-state index contributed by atoms with van der Waals surface area (Å²) in [5.41, 5.74) is 1.44. The van der Waals surface area contributed by atoms with Crippen molar-refractivity contribution in [1.82, 2.24) is 4.72 Å². The quantitative estimate of drug-likeness (QED) is 0.467. The van der Waals surface area contributed by atoms with Crippen LogP contribution in [0.15, 0.2) is 59.5 Å². The number of ketones is 1. The average molecular weight is 341 g/mol. The maximum atomic E-state index is 12.2. The van der Waals surface area contributed by atoms with E-state index in [9.17, 15) is 9.59 Å². The predicted octanol–water partition coefficient (Wildman–Crippen LogP) is 4.12. The lowest BCUT2D eigenvalue weighted by Gasteiger charge is -2.04. The molecule has 0 bridgehead atoms. The van der Waals surface area contributed by atoms with Crippen molar-refractivity contribution in [3.05, 3.63) is 65.7 Å². The van der Waals surface area contributed by atoms with Crippen LogP contribution in [-0.2, 0) is 4.79 Å². The number of benzene rings is 2. The number of hydrogen-bond donors (Lipinski definition) is 1. The fourth-order valence-electron chi connectivity index (χ4n) is 1.94. The minimum atomic E-state index is -0.0879. The number of rotatable bonds is 7. The van der Waals surface area contributed by atoms with Crippen LogP contribution in [0.25, 0.3) is 6.08 Å². The van der Waals surface area contributed by atoms with E-state index < -0.39 is 0 Å². The molecule has 4 nitrogen and oxygen atoms in total. The molecule has 0 aliphatic heterocycles. The van der Waals surface area contributed by atoms with Crippen molar-refractivity contribution in [1.29, 1.82) is 0 Å². The van der Waals surface area contributed by atoms with Gasteiger partial charge >= 0.3 is 0 Å². The molecule has 0 radical (unpaired) electrons. The molecular weight excluding hydrogens is 322 g/mol. The minimum absolute atomic E-state index is 0.0279. The third-order valence-corrected chi connectivity index (χ3v) is 4.13. The lowest BCUT2D eigenvalue weighted by Crippen LogP contribution is -2.13. The topological polar surface area (TPSA) is 55.4 Å². The molecule has 124 valence electrons. The van der Waals surface area contributed by atoms with Crippen LogP contribution in [0, 0.1) is 0 Å². The molecule has 2 rings (SSSR count). The first-order valence-electron chi connectivity index (χ1n) is 7.55. The number of carbonyl (C=O) groups is 2. The molecule has 2 aromatic rings. The Kier molecular flexibility index (Phi) is 6.63. The van der Waals surface area contributed by atoms with E-state index in [0.29, 0.717) is 12.0 Å². The number of nitrogens with one attached hydrogen (secondary N) is 1. The van der Waals surface area contributed by atoms with Crippen LogP contribution in [0.4, 0.5) is 0 Å². The number of ether oxygens (including phenoxy) is 1. The van der Waals surface area contributed by atoms with E-state index in [2.05, 4.69) is 4.72 Å². The van der Waals surface area contributed by atoms with Crippen LogP contribution in [-0.4, -0.2) is 18.8 Å². The number of carbonyl (C=O) groups excluding carboxylic acids is 2. The molecule has 0 aliphatic carbocycles. The van der Waals surface area contributed by atoms with Crippen molar-refractivity contribution in [2.45, 2.75) is 18.2 Å². The first-order chi connectivity index (χ1) is 11.6. The number of amides is 1. The molecule has 0 saturated carbocycles. The van der Waals surface area contributed by atoms with Gasteiger partial charge in [0, 0.05) is 22.4 Å². The van der Waals surface area contributed by atoms with Crippen LogP contribution < -0.4 is 9.46 Å². The van der Waals surface area contributed by atoms with Gasteiger partial charge < -0.3 is 4.74 Å². The molecule has 0 fully saturated rings. The normalized spacial score (nSPS) is 10.6. The van der Waals surface area contributed by atoms with Gasteiger partial charge in [0.05, 0.1) is 7.11 Å². The van der Waals surface area contributed by atoms with Crippen molar-refractivity contribution in [2.24, 2.45) is 0 Å². The highest BCUT2D eigenvalue weighted by Gasteiger charge is 2.04. The van der Waals surface area contributed by atoms with Gasteiger partial charge in [-0.05, 0) is 54.4 Å². The number of hydrogen-bond acceptors (Lipinski definition) is 4. The molecule has 1 amide bonds. The first kappa shape index (κ1) is 17.8. The van der Waals surface area contributed by atoms with Gasteiger partial charge in [-0.2, -0.15) is 0 Å². The van der Waals surface area contributed by atoms with Gasteiger partial charge in [-0.25, -0.2) is 0 Å². The van der Waals surface area contributed by atoms with Gasteiger partial charge in [-0.1, -0.05) is 25.1 Å². The van der Waals surface area contributed by atoms with Crippen LogP contribution in [0.5, 0.6) is 5.75 Å². The SMILES string of the molecule is CCC(=O)NSc1ccc(C(=O)/C=C/c2ccccc2OC)cc1. The summed E-state index contributed by atoms with van der Waals surface area (Å²) in [4.78, 5) is 24.3. The molecule has 24 heavy (non-hydrogen) atoms. The van der Waals surface area contributed by atoms with Crippen molar-refractivity contribution in [3.63, 3.8) is 0 Å². The monoisotopic (exact) mass is 341 g/mol. The van der Waals surface area contributed by atoms with Crippen molar-refractivity contribution in [2.75, 3.05) is 7.11 Å². The number of para-hydroxylation sites is 1. The Bertz CT molecular complexity index is 739. The Morgan fingerprint density at radius 3 is 2.50 bits per heavy atom. The largest absolute Gasteiger partial charge is 0.496 e. The standard InChI is InChI=1S/C19H19NO3S/c1-3-19(22)20-24-16-11-8-14(9-12-16)17(21)13-10-15-6-4-5-7-18(15)23-2/h4-13H,3H2,1-2H3,(H,20,22)/b13-10+. The second-order valence-electron chi connectivity index (χ2n) is 4.94. The van der Waals surface area contributed by atoms with Crippen molar-refractivity contribution < 1.29 is 14.3 Å².